The second kappa shape index (κ2) is 4.59. The van der Waals surface area contributed by atoms with E-state index in [-0.39, 0.29) is 22.7 Å². The molecular formula is C17H12O4. The van der Waals surface area contributed by atoms with Crippen molar-refractivity contribution in [1.82, 2.24) is 0 Å². The molecule has 21 heavy (non-hydrogen) atoms. The van der Waals surface area contributed by atoms with Crippen molar-refractivity contribution in [3.8, 4) is 5.75 Å². The fourth-order valence-corrected chi connectivity index (χ4v) is 2.33. The number of phenols is 1. The maximum Gasteiger partial charge on any atom is 0.336 e. The first kappa shape index (κ1) is 13.1. The van der Waals surface area contributed by atoms with Crippen LogP contribution in [0.15, 0.2) is 36.4 Å². The minimum absolute atomic E-state index is 0.148. The average Bonchev–Trinajstić information content (AvgIpc) is 2.42. The minimum Gasteiger partial charge on any atom is -0.507 e. The van der Waals surface area contributed by atoms with Gasteiger partial charge in [-0.2, -0.15) is 0 Å². The summed E-state index contributed by atoms with van der Waals surface area (Å²) in [5.41, 5.74) is 2.97. The Hall–Kier alpha value is -2.88. The van der Waals surface area contributed by atoms with Crippen LogP contribution < -0.4 is 0 Å². The molecule has 0 atom stereocenters. The molecule has 0 aliphatic heterocycles. The number of hydrogen-bond donors (Lipinski definition) is 2. The third-order valence-corrected chi connectivity index (χ3v) is 3.55. The molecule has 104 valence electrons. The van der Waals surface area contributed by atoms with Gasteiger partial charge in [0.05, 0.1) is 11.1 Å². The highest BCUT2D eigenvalue weighted by Gasteiger charge is 2.26. The first-order valence-corrected chi connectivity index (χ1v) is 6.41. The van der Waals surface area contributed by atoms with E-state index < -0.39 is 5.97 Å². The molecule has 0 saturated carbocycles. The second-order valence-electron chi connectivity index (χ2n) is 5.01. The molecule has 0 fully saturated rings. The number of phenolic OH excluding ortho intramolecular Hbond substituents is 1. The van der Waals surface area contributed by atoms with E-state index >= 15 is 0 Å². The van der Waals surface area contributed by atoms with E-state index in [9.17, 15) is 14.7 Å². The zero-order valence-corrected chi connectivity index (χ0v) is 11.3. The van der Waals surface area contributed by atoms with Crippen LogP contribution in [0.2, 0.25) is 0 Å². The zero-order chi connectivity index (χ0) is 15.1. The lowest BCUT2D eigenvalue weighted by Gasteiger charge is -2.18. The van der Waals surface area contributed by atoms with Crippen LogP contribution in [-0.4, -0.2) is 22.0 Å². The van der Waals surface area contributed by atoms with E-state index in [0.717, 1.165) is 5.56 Å². The maximum atomic E-state index is 12.4. The van der Waals surface area contributed by atoms with Crippen LogP contribution in [0.25, 0.3) is 11.6 Å². The molecular weight excluding hydrogens is 268 g/mol. The Morgan fingerprint density at radius 3 is 2.33 bits per heavy atom. The van der Waals surface area contributed by atoms with Gasteiger partial charge >= 0.3 is 5.97 Å². The molecule has 1 aliphatic rings. The van der Waals surface area contributed by atoms with E-state index in [0.29, 0.717) is 16.7 Å². The summed E-state index contributed by atoms with van der Waals surface area (Å²) < 4.78 is 0. The number of fused-ring (bicyclic) bond motifs is 1. The number of benzene rings is 2. The molecule has 0 saturated heterocycles. The molecule has 0 radical (unpaired) electrons. The van der Waals surface area contributed by atoms with E-state index in [4.69, 9.17) is 5.11 Å². The molecule has 0 aromatic heterocycles. The molecule has 0 bridgehead atoms. The third kappa shape index (κ3) is 2.10. The lowest BCUT2D eigenvalue weighted by Crippen LogP contribution is -2.11. The molecule has 4 heteroatoms. The molecule has 2 N–H and O–H groups in total. The van der Waals surface area contributed by atoms with Crippen LogP contribution in [0.3, 0.4) is 0 Å². The van der Waals surface area contributed by atoms with Gasteiger partial charge < -0.3 is 10.2 Å². The van der Waals surface area contributed by atoms with Crippen molar-refractivity contribution >= 4 is 23.4 Å². The molecule has 0 amide bonds. The Labute approximate surface area is 121 Å². The Morgan fingerprint density at radius 2 is 1.71 bits per heavy atom. The van der Waals surface area contributed by atoms with Crippen molar-refractivity contribution in [2.75, 3.05) is 0 Å². The highest BCUT2D eigenvalue weighted by molar-refractivity contribution is 6.27. The van der Waals surface area contributed by atoms with Crippen molar-refractivity contribution in [3.63, 3.8) is 0 Å². The Kier molecular flexibility index (Phi) is 2.87. The van der Waals surface area contributed by atoms with Crippen molar-refractivity contribution in [2.24, 2.45) is 0 Å². The first-order chi connectivity index (χ1) is 9.97. The van der Waals surface area contributed by atoms with Crippen LogP contribution in [-0.2, 0) is 4.79 Å². The quantitative estimate of drug-likeness (QED) is 0.848. The number of ketones is 1. The molecule has 0 spiro atoms. The summed E-state index contributed by atoms with van der Waals surface area (Å²) in [4.78, 5) is 23.3. The largest absolute Gasteiger partial charge is 0.507 e. The van der Waals surface area contributed by atoms with Gasteiger partial charge in [0.25, 0.3) is 0 Å². The number of carbonyl (C=O) groups excluding carboxylic acids is 1. The predicted molar refractivity (Wildman–Crippen MR) is 78.2 cm³/mol. The van der Waals surface area contributed by atoms with E-state index in [1.807, 2.05) is 19.1 Å². The van der Waals surface area contributed by atoms with Gasteiger partial charge in [-0.25, -0.2) is 4.79 Å². The Morgan fingerprint density at radius 1 is 1.05 bits per heavy atom. The van der Waals surface area contributed by atoms with Crippen molar-refractivity contribution in [3.05, 3.63) is 64.2 Å². The van der Waals surface area contributed by atoms with Gasteiger partial charge in [-0.1, -0.05) is 29.8 Å². The van der Waals surface area contributed by atoms with E-state index in [1.165, 1.54) is 18.2 Å². The highest BCUT2D eigenvalue weighted by atomic mass is 16.4. The number of hydrogen-bond acceptors (Lipinski definition) is 3. The molecule has 4 nitrogen and oxygen atoms in total. The zero-order valence-electron chi connectivity index (χ0n) is 11.3. The van der Waals surface area contributed by atoms with Gasteiger partial charge in [-0.15, -0.1) is 0 Å². The van der Waals surface area contributed by atoms with Gasteiger partial charge in [0.2, 0.25) is 0 Å². The molecule has 0 unspecified atom stereocenters. The van der Waals surface area contributed by atoms with Crippen molar-refractivity contribution in [1.29, 1.82) is 0 Å². The van der Waals surface area contributed by atoms with E-state index in [2.05, 4.69) is 0 Å². The Balaban J connectivity index is 2.00. The smallest absolute Gasteiger partial charge is 0.336 e. The SMILES string of the molecule is Cc1ccc(C(=O)c2cc3c(cc2O)C(C(=O)O)=C3)cc1. The molecule has 3 rings (SSSR count). The summed E-state index contributed by atoms with van der Waals surface area (Å²) in [6.07, 6.45) is 1.49. The van der Waals surface area contributed by atoms with Crippen molar-refractivity contribution < 1.29 is 19.8 Å². The average molecular weight is 280 g/mol. The number of aromatic hydroxyl groups is 1. The van der Waals surface area contributed by atoms with Gasteiger partial charge in [-0.05, 0) is 36.3 Å². The molecule has 0 heterocycles. The summed E-state index contributed by atoms with van der Waals surface area (Å²) >= 11 is 0. The lowest BCUT2D eigenvalue weighted by molar-refractivity contribution is -0.130. The molecule has 2 aromatic carbocycles. The standard InChI is InChI=1S/C17H12O4/c1-9-2-4-10(5-3-9)16(19)14-7-11-6-13(17(20)21)12(11)8-15(14)18/h2-8,18H,1H3,(H,20,21). The summed E-state index contributed by atoms with van der Waals surface area (Å²) in [7, 11) is 0. The van der Waals surface area contributed by atoms with Crippen LogP contribution in [0.1, 0.15) is 32.6 Å². The number of aryl methyl sites for hydroxylation is 1. The maximum absolute atomic E-state index is 12.4. The summed E-state index contributed by atoms with van der Waals surface area (Å²) in [6, 6.07) is 9.92. The minimum atomic E-state index is -1.04. The Bertz CT molecular complexity index is 798. The number of carboxylic acids is 1. The second-order valence-corrected chi connectivity index (χ2v) is 5.01. The van der Waals surface area contributed by atoms with Gasteiger partial charge in [0.1, 0.15) is 5.75 Å². The number of aliphatic carboxylic acids is 1. The number of carboxylic acid groups (broad SMARTS) is 1. The molecule has 1 aliphatic carbocycles. The predicted octanol–water partition coefficient (Wildman–Crippen LogP) is 2.87. The van der Waals surface area contributed by atoms with Crippen molar-refractivity contribution in [2.45, 2.75) is 6.92 Å². The number of carbonyl (C=O) groups is 2. The van der Waals surface area contributed by atoms with Crippen LogP contribution in [0.4, 0.5) is 0 Å². The highest BCUT2D eigenvalue weighted by Crippen LogP contribution is 2.37. The van der Waals surface area contributed by atoms with Gasteiger partial charge in [0.15, 0.2) is 5.78 Å². The third-order valence-electron chi connectivity index (χ3n) is 3.55. The van der Waals surface area contributed by atoms with Gasteiger partial charge in [-0.3, -0.25) is 4.79 Å². The normalized spacial score (nSPS) is 12.1. The first-order valence-electron chi connectivity index (χ1n) is 6.41. The van der Waals surface area contributed by atoms with Gasteiger partial charge in [0, 0.05) is 5.56 Å². The fraction of sp³-hybridized carbons (Fsp3) is 0.0588. The van der Waals surface area contributed by atoms with Crippen LogP contribution >= 0.6 is 0 Å². The summed E-state index contributed by atoms with van der Waals surface area (Å²) in [5.74, 6) is -1.53. The number of rotatable bonds is 3. The van der Waals surface area contributed by atoms with E-state index in [1.54, 1.807) is 12.1 Å². The summed E-state index contributed by atoms with van der Waals surface area (Å²) in [5, 5.41) is 18.9. The van der Waals surface area contributed by atoms with Crippen LogP contribution in [0.5, 0.6) is 5.75 Å². The fourth-order valence-electron chi connectivity index (χ4n) is 2.33. The lowest BCUT2D eigenvalue weighted by atomic mass is 9.85. The summed E-state index contributed by atoms with van der Waals surface area (Å²) in [6.45, 7) is 1.93. The monoisotopic (exact) mass is 280 g/mol. The molecule has 2 aromatic rings. The van der Waals surface area contributed by atoms with Crippen LogP contribution in [0, 0.1) is 6.92 Å². The topological polar surface area (TPSA) is 74.6 Å².